The summed E-state index contributed by atoms with van der Waals surface area (Å²) in [5.41, 5.74) is -1.18. The Labute approximate surface area is 118 Å². The molecule has 2 N–H and O–H groups in total. The highest BCUT2D eigenvalue weighted by Crippen LogP contribution is 2.29. The Kier molecular flexibility index (Phi) is 5.13. The summed E-state index contributed by atoms with van der Waals surface area (Å²) in [5.74, 6) is -0.822. The molecule has 10 heteroatoms. The van der Waals surface area contributed by atoms with Crippen LogP contribution in [0.5, 0.6) is 0 Å². The number of rotatable bonds is 6. The number of methoxy groups -OCH3 is 1. The Morgan fingerprint density at radius 3 is 2.38 bits per heavy atom. The Morgan fingerprint density at radius 2 is 1.95 bits per heavy atom. The first-order chi connectivity index (χ1) is 9.77. The SMILES string of the molecule is COC(=O)[C@@H](Nc1ccc([N+](=O)[O-])cc1[N+](=O)[O-])[C@@H](C)O. The summed E-state index contributed by atoms with van der Waals surface area (Å²) < 4.78 is 4.47. The summed E-state index contributed by atoms with van der Waals surface area (Å²) in [4.78, 5) is 31.5. The smallest absolute Gasteiger partial charge is 0.330 e. The Balaban J connectivity index is 3.20. The molecule has 0 amide bonds. The van der Waals surface area contributed by atoms with E-state index in [4.69, 9.17) is 0 Å². The van der Waals surface area contributed by atoms with Gasteiger partial charge in [-0.25, -0.2) is 4.79 Å². The van der Waals surface area contributed by atoms with Crippen molar-refractivity contribution in [1.82, 2.24) is 0 Å². The van der Waals surface area contributed by atoms with Gasteiger partial charge in [-0.15, -0.1) is 0 Å². The number of hydrogen-bond donors (Lipinski definition) is 2. The molecule has 1 aromatic carbocycles. The Morgan fingerprint density at radius 1 is 1.33 bits per heavy atom. The predicted octanol–water partition coefficient (Wildman–Crippen LogP) is 0.837. The number of aliphatic hydroxyl groups excluding tert-OH is 1. The Bertz CT molecular complexity index is 573. The maximum Gasteiger partial charge on any atom is 0.330 e. The van der Waals surface area contributed by atoms with Crippen molar-refractivity contribution >= 4 is 23.0 Å². The summed E-state index contributed by atoms with van der Waals surface area (Å²) in [7, 11) is 1.10. The fraction of sp³-hybridized carbons (Fsp3) is 0.364. The van der Waals surface area contributed by atoms with Gasteiger partial charge in [-0.3, -0.25) is 20.2 Å². The fourth-order valence-electron chi connectivity index (χ4n) is 1.58. The van der Waals surface area contributed by atoms with Crippen LogP contribution < -0.4 is 5.32 Å². The van der Waals surface area contributed by atoms with E-state index in [9.17, 15) is 30.1 Å². The first-order valence-electron chi connectivity index (χ1n) is 5.73. The molecule has 2 atom stereocenters. The number of nitrogens with zero attached hydrogens (tertiary/aromatic N) is 2. The number of hydrogen-bond acceptors (Lipinski definition) is 8. The molecule has 0 radical (unpaired) electrons. The van der Waals surface area contributed by atoms with Gasteiger partial charge in [0, 0.05) is 6.07 Å². The Hall–Kier alpha value is -2.75. The lowest BCUT2D eigenvalue weighted by molar-refractivity contribution is -0.393. The third-order valence-electron chi connectivity index (χ3n) is 2.64. The number of non-ortho nitro benzene ring substituents is 1. The number of carbonyl (C=O) groups excluding carboxylic acids is 1. The van der Waals surface area contributed by atoms with Crippen LogP contribution in [0.3, 0.4) is 0 Å². The molecule has 0 aliphatic heterocycles. The third-order valence-corrected chi connectivity index (χ3v) is 2.64. The largest absolute Gasteiger partial charge is 0.467 e. The van der Waals surface area contributed by atoms with Crippen molar-refractivity contribution in [2.24, 2.45) is 0 Å². The van der Waals surface area contributed by atoms with Gasteiger partial charge in [0.15, 0.2) is 6.04 Å². The molecule has 0 unspecified atom stereocenters. The van der Waals surface area contributed by atoms with Crippen molar-refractivity contribution in [3.8, 4) is 0 Å². The standard InChI is InChI=1S/C11H13N3O7/c1-6(15)10(11(16)21-2)12-8-4-3-7(13(17)18)5-9(8)14(19)20/h3-6,10,12,15H,1-2H3/t6-,10+/m1/s1. The van der Waals surface area contributed by atoms with Gasteiger partial charge in [0.05, 0.1) is 29.1 Å². The maximum atomic E-state index is 11.5. The quantitative estimate of drug-likeness (QED) is 0.446. The molecule has 0 spiro atoms. The molecule has 1 rings (SSSR count). The molecule has 0 saturated carbocycles. The van der Waals surface area contributed by atoms with Crippen molar-refractivity contribution < 1.29 is 24.5 Å². The molecule has 0 aliphatic carbocycles. The number of esters is 1. The number of anilines is 1. The molecule has 0 saturated heterocycles. The molecule has 114 valence electrons. The van der Waals surface area contributed by atoms with Crippen LogP contribution in [0.4, 0.5) is 17.1 Å². The summed E-state index contributed by atoms with van der Waals surface area (Å²) in [6.07, 6.45) is -1.19. The highest BCUT2D eigenvalue weighted by molar-refractivity contribution is 5.81. The maximum absolute atomic E-state index is 11.5. The molecule has 0 bridgehead atoms. The number of nitro benzene ring substituents is 2. The monoisotopic (exact) mass is 299 g/mol. The van der Waals surface area contributed by atoms with Crippen LogP contribution in [-0.2, 0) is 9.53 Å². The van der Waals surface area contributed by atoms with Gasteiger partial charge >= 0.3 is 5.97 Å². The van der Waals surface area contributed by atoms with Crippen LogP contribution >= 0.6 is 0 Å². The van der Waals surface area contributed by atoms with E-state index in [0.717, 1.165) is 25.3 Å². The zero-order chi connectivity index (χ0) is 16.2. The van der Waals surface area contributed by atoms with Gasteiger partial charge in [0.25, 0.3) is 11.4 Å². The first kappa shape index (κ1) is 16.3. The van der Waals surface area contributed by atoms with Gasteiger partial charge in [-0.1, -0.05) is 0 Å². The number of aliphatic hydroxyl groups is 1. The second-order valence-corrected chi connectivity index (χ2v) is 4.10. The summed E-state index contributed by atoms with van der Waals surface area (Å²) in [6, 6.07) is 1.66. The van der Waals surface area contributed by atoms with Gasteiger partial charge in [0.2, 0.25) is 0 Å². The van der Waals surface area contributed by atoms with E-state index >= 15 is 0 Å². The number of benzene rings is 1. The first-order valence-corrected chi connectivity index (χ1v) is 5.73. The minimum Gasteiger partial charge on any atom is -0.467 e. The lowest BCUT2D eigenvalue weighted by Crippen LogP contribution is -2.40. The lowest BCUT2D eigenvalue weighted by Gasteiger charge is -2.19. The molecule has 21 heavy (non-hydrogen) atoms. The van der Waals surface area contributed by atoms with Crippen LogP contribution in [0.1, 0.15) is 6.92 Å². The summed E-state index contributed by atoms with van der Waals surface area (Å²) in [5, 5.41) is 33.5. The second kappa shape index (κ2) is 6.61. The van der Waals surface area contributed by atoms with E-state index in [-0.39, 0.29) is 5.69 Å². The number of nitrogens with one attached hydrogen (secondary N) is 1. The van der Waals surface area contributed by atoms with Gasteiger partial charge in [-0.2, -0.15) is 0 Å². The van der Waals surface area contributed by atoms with E-state index in [1.165, 1.54) is 6.92 Å². The molecule has 1 aromatic rings. The van der Waals surface area contributed by atoms with E-state index in [1.807, 2.05) is 0 Å². The molecular weight excluding hydrogens is 286 g/mol. The van der Waals surface area contributed by atoms with Gasteiger partial charge in [0.1, 0.15) is 5.69 Å². The van der Waals surface area contributed by atoms with E-state index in [2.05, 4.69) is 10.1 Å². The van der Waals surface area contributed by atoms with Crippen molar-refractivity contribution in [3.05, 3.63) is 38.4 Å². The normalized spacial score (nSPS) is 13.1. The van der Waals surface area contributed by atoms with Crippen LogP contribution in [0.2, 0.25) is 0 Å². The average molecular weight is 299 g/mol. The highest BCUT2D eigenvalue weighted by atomic mass is 16.6. The molecule has 0 heterocycles. The molecule has 10 nitrogen and oxygen atoms in total. The fourth-order valence-corrected chi connectivity index (χ4v) is 1.58. The molecule has 0 aliphatic rings. The average Bonchev–Trinajstić information content (AvgIpc) is 2.43. The molecule has 0 fully saturated rings. The van der Waals surface area contributed by atoms with Crippen molar-refractivity contribution in [1.29, 1.82) is 0 Å². The van der Waals surface area contributed by atoms with Crippen LogP contribution in [0.15, 0.2) is 18.2 Å². The number of ether oxygens (including phenoxy) is 1. The minimum absolute atomic E-state index is 0.137. The van der Waals surface area contributed by atoms with Crippen LogP contribution in [-0.4, -0.2) is 40.2 Å². The third kappa shape index (κ3) is 3.86. The lowest BCUT2D eigenvalue weighted by atomic mass is 10.1. The molecule has 0 aromatic heterocycles. The minimum atomic E-state index is -1.24. The highest BCUT2D eigenvalue weighted by Gasteiger charge is 2.28. The molecular formula is C11H13N3O7. The van der Waals surface area contributed by atoms with Gasteiger partial charge < -0.3 is 15.2 Å². The van der Waals surface area contributed by atoms with Crippen LogP contribution in [0.25, 0.3) is 0 Å². The number of carbonyl (C=O) groups is 1. The van der Waals surface area contributed by atoms with Crippen molar-refractivity contribution in [2.45, 2.75) is 19.1 Å². The van der Waals surface area contributed by atoms with Crippen molar-refractivity contribution in [3.63, 3.8) is 0 Å². The number of nitro groups is 2. The predicted molar refractivity (Wildman–Crippen MR) is 70.9 cm³/mol. The summed E-state index contributed by atoms with van der Waals surface area (Å²) >= 11 is 0. The van der Waals surface area contributed by atoms with Crippen LogP contribution in [0, 0.1) is 20.2 Å². The van der Waals surface area contributed by atoms with Gasteiger partial charge in [-0.05, 0) is 13.0 Å². The zero-order valence-corrected chi connectivity index (χ0v) is 11.2. The second-order valence-electron chi connectivity index (χ2n) is 4.10. The topological polar surface area (TPSA) is 145 Å². The van der Waals surface area contributed by atoms with E-state index in [1.54, 1.807) is 0 Å². The van der Waals surface area contributed by atoms with Crippen molar-refractivity contribution in [2.75, 3.05) is 12.4 Å². The summed E-state index contributed by atoms with van der Waals surface area (Å²) in [6.45, 7) is 1.30. The van der Waals surface area contributed by atoms with E-state index < -0.39 is 39.3 Å². The van der Waals surface area contributed by atoms with E-state index in [0.29, 0.717) is 0 Å². The zero-order valence-electron chi connectivity index (χ0n) is 11.2.